The highest BCUT2D eigenvalue weighted by Gasteiger charge is 2.23. The highest BCUT2D eigenvalue weighted by atomic mass is 16.5. The van der Waals surface area contributed by atoms with Gasteiger partial charge in [0.25, 0.3) is 5.91 Å². The molecule has 1 aliphatic rings. The van der Waals surface area contributed by atoms with E-state index in [1.807, 2.05) is 0 Å². The van der Waals surface area contributed by atoms with Crippen LogP contribution in [-0.2, 0) is 4.79 Å². The number of rotatable bonds is 5. The first-order chi connectivity index (χ1) is 8.56. The van der Waals surface area contributed by atoms with Gasteiger partial charge in [-0.25, -0.2) is 4.79 Å². The van der Waals surface area contributed by atoms with Gasteiger partial charge < -0.3 is 20.9 Å². The second-order valence-corrected chi connectivity index (χ2v) is 4.19. The summed E-state index contributed by atoms with van der Waals surface area (Å²) < 4.78 is 5.20. The fraction of sp³-hybridized carbons (Fsp3) is 0.333. The summed E-state index contributed by atoms with van der Waals surface area (Å²) in [7, 11) is 0. The van der Waals surface area contributed by atoms with Crippen LogP contribution < -0.4 is 15.8 Å². The van der Waals surface area contributed by atoms with Crippen molar-refractivity contribution in [2.75, 3.05) is 12.3 Å². The van der Waals surface area contributed by atoms with E-state index in [-0.39, 0.29) is 29.9 Å². The maximum Gasteiger partial charge on any atom is 0.339 e. The van der Waals surface area contributed by atoms with Gasteiger partial charge in [0.1, 0.15) is 11.3 Å². The molecule has 1 saturated carbocycles. The number of nitrogens with two attached hydrogens (primary N) is 1. The van der Waals surface area contributed by atoms with Gasteiger partial charge in [-0.3, -0.25) is 4.79 Å². The highest BCUT2D eigenvalue weighted by Crippen LogP contribution is 2.22. The maximum absolute atomic E-state index is 11.4. The van der Waals surface area contributed by atoms with Gasteiger partial charge in [0, 0.05) is 11.7 Å². The Labute approximate surface area is 104 Å². The summed E-state index contributed by atoms with van der Waals surface area (Å²) in [6.07, 6.45) is 1.99. The largest absolute Gasteiger partial charge is 0.483 e. The third kappa shape index (κ3) is 3.13. The molecule has 0 aromatic heterocycles. The Morgan fingerprint density at radius 3 is 2.78 bits per heavy atom. The topological polar surface area (TPSA) is 102 Å². The average molecular weight is 250 g/mol. The Morgan fingerprint density at radius 1 is 1.44 bits per heavy atom. The first-order valence-electron chi connectivity index (χ1n) is 5.61. The smallest absolute Gasteiger partial charge is 0.339 e. The van der Waals surface area contributed by atoms with Gasteiger partial charge in [-0.2, -0.15) is 0 Å². The Balaban J connectivity index is 1.99. The van der Waals surface area contributed by atoms with E-state index in [0.717, 1.165) is 12.8 Å². The Morgan fingerprint density at radius 2 is 2.17 bits per heavy atom. The van der Waals surface area contributed by atoms with Crippen molar-refractivity contribution in [1.29, 1.82) is 0 Å². The summed E-state index contributed by atoms with van der Waals surface area (Å²) in [4.78, 5) is 22.4. The number of anilines is 1. The number of carboxylic acid groups (broad SMARTS) is 1. The number of ether oxygens (including phenoxy) is 1. The van der Waals surface area contributed by atoms with Crippen LogP contribution in [0.2, 0.25) is 0 Å². The zero-order chi connectivity index (χ0) is 13.1. The number of nitrogens with one attached hydrogen (secondary N) is 1. The predicted molar refractivity (Wildman–Crippen MR) is 64.5 cm³/mol. The molecular weight excluding hydrogens is 236 g/mol. The highest BCUT2D eigenvalue weighted by molar-refractivity contribution is 5.92. The average Bonchev–Trinajstić information content (AvgIpc) is 3.11. The molecule has 1 fully saturated rings. The second-order valence-electron chi connectivity index (χ2n) is 4.19. The lowest BCUT2D eigenvalue weighted by atomic mass is 10.2. The lowest BCUT2D eigenvalue weighted by molar-refractivity contribution is -0.123. The fourth-order valence-electron chi connectivity index (χ4n) is 1.48. The normalized spacial score (nSPS) is 14.0. The number of hydrogen-bond acceptors (Lipinski definition) is 4. The fourth-order valence-corrected chi connectivity index (χ4v) is 1.48. The van der Waals surface area contributed by atoms with E-state index in [1.54, 1.807) is 0 Å². The minimum absolute atomic E-state index is 0.0470. The van der Waals surface area contributed by atoms with E-state index in [9.17, 15) is 9.59 Å². The number of amides is 1. The van der Waals surface area contributed by atoms with E-state index in [2.05, 4.69) is 5.32 Å². The van der Waals surface area contributed by atoms with E-state index in [4.69, 9.17) is 15.6 Å². The van der Waals surface area contributed by atoms with E-state index < -0.39 is 5.97 Å². The number of aromatic carboxylic acids is 1. The summed E-state index contributed by atoms with van der Waals surface area (Å²) >= 11 is 0. The van der Waals surface area contributed by atoms with Crippen LogP contribution in [-0.4, -0.2) is 29.6 Å². The summed E-state index contributed by atoms with van der Waals surface area (Å²) in [6.45, 7) is -0.194. The van der Waals surface area contributed by atoms with Crippen LogP contribution in [0.5, 0.6) is 5.75 Å². The number of carbonyl (C=O) groups is 2. The van der Waals surface area contributed by atoms with Crippen molar-refractivity contribution in [2.45, 2.75) is 18.9 Å². The van der Waals surface area contributed by atoms with Crippen LogP contribution in [0.25, 0.3) is 0 Å². The maximum atomic E-state index is 11.4. The van der Waals surface area contributed by atoms with Gasteiger partial charge in [-0.15, -0.1) is 0 Å². The lowest BCUT2D eigenvalue weighted by Crippen LogP contribution is -2.30. The molecule has 0 radical (unpaired) electrons. The van der Waals surface area contributed by atoms with Gasteiger partial charge in [0.2, 0.25) is 0 Å². The SMILES string of the molecule is Nc1ccc(OCC(=O)NC2CC2)c(C(=O)O)c1. The van der Waals surface area contributed by atoms with Gasteiger partial charge in [0.05, 0.1) is 0 Å². The van der Waals surface area contributed by atoms with Crippen LogP contribution in [0.4, 0.5) is 5.69 Å². The van der Waals surface area contributed by atoms with Crippen LogP contribution >= 0.6 is 0 Å². The van der Waals surface area contributed by atoms with Crippen molar-refractivity contribution < 1.29 is 19.4 Å². The number of carbonyl (C=O) groups excluding carboxylic acids is 1. The van der Waals surface area contributed by atoms with Crippen LogP contribution in [0.15, 0.2) is 18.2 Å². The van der Waals surface area contributed by atoms with Crippen LogP contribution in [0.1, 0.15) is 23.2 Å². The molecule has 0 heterocycles. The third-order valence-corrected chi connectivity index (χ3v) is 2.54. The van der Waals surface area contributed by atoms with Gasteiger partial charge >= 0.3 is 5.97 Å². The molecular formula is C12H14N2O4. The number of hydrogen-bond donors (Lipinski definition) is 3. The standard InChI is InChI=1S/C12H14N2O4/c13-7-1-4-10(9(5-7)12(16)17)18-6-11(15)14-8-2-3-8/h1,4-5,8H,2-3,6,13H2,(H,14,15)(H,16,17). The number of benzene rings is 1. The van der Waals surface area contributed by atoms with E-state index in [0.29, 0.717) is 5.69 Å². The molecule has 0 saturated heterocycles. The molecule has 6 nitrogen and oxygen atoms in total. The molecule has 0 unspecified atom stereocenters. The first kappa shape index (κ1) is 12.2. The van der Waals surface area contributed by atoms with Crippen LogP contribution in [0.3, 0.4) is 0 Å². The van der Waals surface area contributed by atoms with Crippen molar-refractivity contribution in [3.8, 4) is 5.75 Å². The molecule has 96 valence electrons. The molecule has 0 aliphatic heterocycles. The molecule has 4 N–H and O–H groups in total. The molecule has 2 rings (SSSR count). The van der Waals surface area contributed by atoms with Crippen molar-refractivity contribution in [3.05, 3.63) is 23.8 Å². The second kappa shape index (κ2) is 4.95. The predicted octanol–water partition coefficient (Wildman–Crippen LogP) is 0.624. The molecule has 6 heteroatoms. The molecule has 0 spiro atoms. The Kier molecular flexibility index (Phi) is 3.36. The van der Waals surface area contributed by atoms with Crippen molar-refractivity contribution in [2.24, 2.45) is 0 Å². The zero-order valence-electron chi connectivity index (χ0n) is 9.68. The zero-order valence-corrected chi connectivity index (χ0v) is 9.68. The molecule has 1 aromatic rings. The van der Waals surface area contributed by atoms with Crippen molar-refractivity contribution in [1.82, 2.24) is 5.32 Å². The lowest BCUT2D eigenvalue weighted by Gasteiger charge is -2.09. The Hall–Kier alpha value is -2.24. The summed E-state index contributed by atoms with van der Waals surface area (Å²) in [6, 6.07) is 4.53. The monoisotopic (exact) mass is 250 g/mol. The molecule has 18 heavy (non-hydrogen) atoms. The minimum atomic E-state index is -1.14. The summed E-state index contributed by atoms with van der Waals surface area (Å²) in [5, 5.41) is 11.7. The van der Waals surface area contributed by atoms with Crippen molar-refractivity contribution in [3.63, 3.8) is 0 Å². The summed E-state index contributed by atoms with van der Waals surface area (Å²) in [5.74, 6) is -1.24. The van der Waals surface area contributed by atoms with Gasteiger partial charge in [-0.05, 0) is 31.0 Å². The first-order valence-corrected chi connectivity index (χ1v) is 5.61. The van der Waals surface area contributed by atoms with Gasteiger partial charge in [0.15, 0.2) is 6.61 Å². The van der Waals surface area contributed by atoms with Crippen molar-refractivity contribution >= 4 is 17.6 Å². The third-order valence-electron chi connectivity index (χ3n) is 2.54. The quantitative estimate of drug-likeness (QED) is 0.665. The van der Waals surface area contributed by atoms with E-state index >= 15 is 0 Å². The number of carboxylic acids is 1. The Bertz CT molecular complexity index is 483. The summed E-state index contributed by atoms with van der Waals surface area (Å²) in [5.41, 5.74) is 5.79. The van der Waals surface area contributed by atoms with E-state index in [1.165, 1.54) is 18.2 Å². The molecule has 1 amide bonds. The van der Waals surface area contributed by atoms with Gasteiger partial charge in [-0.1, -0.05) is 0 Å². The molecule has 1 aromatic carbocycles. The minimum Gasteiger partial charge on any atom is -0.483 e. The number of nitrogen functional groups attached to an aromatic ring is 1. The molecule has 0 atom stereocenters. The molecule has 1 aliphatic carbocycles. The van der Waals surface area contributed by atoms with Crippen LogP contribution in [0, 0.1) is 0 Å². The molecule has 0 bridgehead atoms.